The number of aromatic nitrogens is 1. The van der Waals surface area contributed by atoms with E-state index in [1.165, 1.54) is 23.9 Å². The fourth-order valence-electron chi connectivity index (χ4n) is 2.16. The average molecular weight is 287 g/mol. The molecule has 0 spiro atoms. The first kappa shape index (κ1) is 13.2. The van der Waals surface area contributed by atoms with E-state index >= 15 is 0 Å². The Balaban J connectivity index is 1.98. The molecule has 1 aromatic heterocycles. The summed E-state index contributed by atoms with van der Waals surface area (Å²) in [4.78, 5) is 4.17. The van der Waals surface area contributed by atoms with Gasteiger partial charge in [0.1, 0.15) is 5.82 Å². The van der Waals surface area contributed by atoms with Gasteiger partial charge in [-0.1, -0.05) is 30.0 Å². The molecule has 2 nitrogen and oxygen atoms in total. The fourth-order valence-corrected chi connectivity index (χ4v) is 3.23. The lowest BCUT2D eigenvalue weighted by Gasteiger charge is -2.10. The van der Waals surface area contributed by atoms with Gasteiger partial charge in [0.2, 0.25) is 0 Å². The van der Waals surface area contributed by atoms with Crippen LogP contribution in [0.5, 0.6) is 0 Å². The molecule has 20 heavy (non-hydrogen) atoms. The average Bonchev–Trinajstić information content (AvgIpc) is 2.82. The molecule has 0 amide bonds. The summed E-state index contributed by atoms with van der Waals surface area (Å²) in [5.74, 6) is -0.332. The number of hydrogen-bond acceptors (Lipinski definition) is 2. The van der Waals surface area contributed by atoms with Gasteiger partial charge in [-0.2, -0.15) is 0 Å². The summed E-state index contributed by atoms with van der Waals surface area (Å²) in [5.41, 5.74) is 1.67. The highest BCUT2D eigenvalue weighted by Gasteiger charge is 2.11. The molecule has 1 unspecified atom stereocenters. The number of halogens is 1. The molecule has 1 heterocycles. The summed E-state index contributed by atoms with van der Waals surface area (Å²) in [6.45, 7) is 1.64. The Labute approximate surface area is 120 Å². The number of H-pyrrole nitrogens is 1. The quantitative estimate of drug-likeness (QED) is 0.743. The van der Waals surface area contributed by atoms with Crippen LogP contribution < -0.4 is 0 Å². The van der Waals surface area contributed by atoms with Crippen molar-refractivity contribution in [1.82, 2.24) is 4.98 Å². The van der Waals surface area contributed by atoms with Crippen LogP contribution in [0.25, 0.3) is 10.9 Å². The number of aliphatic hydroxyl groups is 1. The van der Waals surface area contributed by atoms with Gasteiger partial charge < -0.3 is 10.1 Å². The van der Waals surface area contributed by atoms with Crippen molar-refractivity contribution in [3.63, 3.8) is 0 Å². The Bertz CT molecular complexity index is 718. The molecule has 3 rings (SSSR count). The third-order valence-electron chi connectivity index (χ3n) is 3.15. The normalized spacial score (nSPS) is 12.8. The minimum atomic E-state index is -0.697. The van der Waals surface area contributed by atoms with E-state index in [-0.39, 0.29) is 5.82 Å². The topological polar surface area (TPSA) is 36.0 Å². The second-order valence-electron chi connectivity index (χ2n) is 4.68. The smallest absolute Gasteiger partial charge is 0.123 e. The van der Waals surface area contributed by atoms with Gasteiger partial charge in [0.15, 0.2) is 0 Å². The number of aromatic amines is 1. The molecule has 0 saturated carbocycles. The van der Waals surface area contributed by atoms with Crippen LogP contribution in [-0.4, -0.2) is 10.1 Å². The monoisotopic (exact) mass is 287 g/mol. The molecule has 0 saturated heterocycles. The van der Waals surface area contributed by atoms with E-state index in [1.54, 1.807) is 13.0 Å². The standard InChI is InChI=1S/C16H14FNOS/c1-10(19)13-9-12(17)6-7-15(13)20-16-8-11-4-2-3-5-14(11)18-16/h2-10,18-19H,1H3. The number of para-hydroxylation sites is 1. The minimum Gasteiger partial charge on any atom is -0.389 e. The molecule has 0 aliphatic carbocycles. The van der Waals surface area contributed by atoms with E-state index < -0.39 is 6.10 Å². The lowest BCUT2D eigenvalue weighted by molar-refractivity contribution is 0.196. The highest BCUT2D eigenvalue weighted by Crippen LogP contribution is 2.34. The summed E-state index contributed by atoms with van der Waals surface area (Å²) in [5, 5.41) is 11.9. The fraction of sp³-hybridized carbons (Fsp3) is 0.125. The molecule has 3 aromatic rings. The van der Waals surface area contributed by atoms with Crippen LogP contribution in [0, 0.1) is 5.82 Å². The number of nitrogens with one attached hydrogen (secondary N) is 1. The van der Waals surface area contributed by atoms with Crippen molar-refractivity contribution in [2.24, 2.45) is 0 Å². The Hall–Kier alpha value is -1.78. The van der Waals surface area contributed by atoms with Crippen molar-refractivity contribution in [2.45, 2.75) is 22.9 Å². The third kappa shape index (κ3) is 2.57. The highest BCUT2D eigenvalue weighted by atomic mass is 32.2. The molecule has 4 heteroatoms. The predicted octanol–water partition coefficient (Wildman–Crippen LogP) is 4.51. The zero-order valence-electron chi connectivity index (χ0n) is 10.9. The van der Waals surface area contributed by atoms with Crippen LogP contribution >= 0.6 is 11.8 Å². The van der Waals surface area contributed by atoms with Crippen LogP contribution in [0.15, 0.2) is 58.5 Å². The van der Waals surface area contributed by atoms with Gasteiger partial charge in [-0.05, 0) is 42.8 Å². The van der Waals surface area contributed by atoms with E-state index in [2.05, 4.69) is 11.1 Å². The molecule has 0 bridgehead atoms. The summed E-state index contributed by atoms with van der Waals surface area (Å²) in [6.07, 6.45) is -0.697. The number of hydrogen-bond donors (Lipinski definition) is 2. The Morgan fingerprint density at radius 1 is 1.15 bits per heavy atom. The zero-order chi connectivity index (χ0) is 14.1. The van der Waals surface area contributed by atoms with Crippen molar-refractivity contribution < 1.29 is 9.50 Å². The van der Waals surface area contributed by atoms with Gasteiger partial charge in [-0.25, -0.2) is 4.39 Å². The van der Waals surface area contributed by atoms with Crippen LogP contribution in [0.1, 0.15) is 18.6 Å². The van der Waals surface area contributed by atoms with Crippen molar-refractivity contribution in [1.29, 1.82) is 0 Å². The van der Waals surface area contributed by atoms with Gasteiger partial charge >= 0.3 is 0 Å². The molecule has 2 aromatic carbocycles. The second-order valence-corrected chi connectivity index (χ2v) is 5.76. The maximum atomic E-state index is 13.3. The first-order valence-corrected chi connectivity index (χ1v) is 7.18. The van der Waals surface area contributed by atoms with Gasteiger partial charge in [0, 0.05) is 15.8 Å². The number of benzene rings is 2. The Kier molecular flexibility index (Phi) is 3.51. The zero-order valence-corrected chi connectivity index (χ0v) is 11.7. The van der Waals surface area contributed by atoms with Crippen LogP contribution in [0.3, 0.4) is 0 Å². The molecular weight excluding hydrogens is 273 g/mol. The largest absolute Gasteiger partial charge is 0.389 e. The van der Waals surface area contributed by atoms with Crippen LogP contribution in [-0.2, 0) is 0 Å². The maximum Gasteiger partial charge on any atom is 0.123 e. The molecule has 0 radical (unpaired) electrons. The van der Waals surface area contributed by atoms with E-state index in [4.69, 9.17) is 0 Å². The summed E-state index contributed by atoms with van der Waals surface area (Å²) in [7, 11) is 0. The number of fused-ring (bicyclic) bond motifs is 1. The highest BCUT2D eigenvalue weighted by molar-refractivity contribution is 7.99. The summed E-state index contributed by atoms with van der Waals surface area (Å²) >= 11 is 1.49. The van der Waals surface area contributed by atoms with Gasteiger partial charge in [-0.3, -0.25) is 0 Å². The molecule has 0 aliphatic heterocycles. The number of rotatable bonds is 3. The van der Waals surface area contributed by atoms with E-state index in [9.17, 15) is 9.50 Å². The Morgan fingerprint density at radius 3 is 2.70 bits per heavy atom. The first-order chi connectivity index (χ1) is 9.63. The van der Waals surface area contributed by atoms with Gasteiger partial charge in [0.05, 0.1) is 11.1 Å². The molecule has 1 atom stereocenters. The van der Waals surface area contributed by atoms with Crippen molar-refractivity contribution in [2.75, 3.05) is 0 Å². The molecule has 102 valence electrons. The minimum absolute atomic E-state index is 0.332. The Morgan fingerprint density at radius 2 is 1.95 bits per heavy atom. The van der Waals surface area contributed by atoms with Crippen molar-refractivity contribution in [3.05, 3.63) is 59.9 Å². The van der Waals surface area contributed by atoms with Crippen molar-refractivity contribution in [3.8, 4) is 0 Å². The lowest BCUT2D eigenvalue weighted by Crippen LogP contribution is -1.95. The van der Waals surface area contributed by atoms with E-state index in [0.29, 0.717) is 5.56 Å². The van der Waals surface area contributed by atoms with Crippen LogP contribution in [0.4, 0.5) is 4.39 Å². The van der Waals surface area contributed by atoms with Crippen LogP contribution in [0.2, 0.25) is 0 Å². The number of aliphatic hydroxyl groups excluding tert-OH is 1. The van der Waals surface area contributed by atoms with Gasteiger partial charge in [0.25, 0.3) is 0 Å². The summed E-state index contributed by atoms with van der Waals surface area (Å²) in [6, 6.07) is 14.6. The third-order valence-corrected chi connectivity index (χ3v) is 4.18. The maximum absolute atomic E-state index is 13.3. The van der Waals surface area contributed by atoms with E-state index in [0.717, 1.165) is 20.8 Å². The molecule has 0 aliphatic rings. The van der Waals surface area contributed by atoms with Crippen molar-refractivity contribution >= 4 is 22.7 Å². The van der Waals surface area contributed by atoms with E-state index in [1.807, 2.05) is 24.3 Å². The second kappa shape index (κ2) is 5.31. The molecule has 2 N–H and O–H groups in total. The van der Waals surface area contributed by atoms with Gasteiger partial charge in [-0.15, -0.1) is 0 Å². The lowest BCUT2D eigenvalue weighted by atomic mass is 10.1. The molecular formula is C16H14FNOS. The predicted molar refractivity (Wildman–Crippen MR) is 79.5 cm³/mol. The summed E-state index contributed by atoms with van der Waals surface area (Å²) < 4.78 is 13.3. The SMILES string of the molecule is CC(O)c1cc(F)ccc1Sc1cc2ccccc2[nH]1. The molecule has 0 fully saturated rings. The first-order valence-electron chi connectivity index (χ1n) is 6.36.